The number of benzene rings is 2. The van der Waals surface area contributed by atoms with Crippen LogP contribution in [-0.2, 0) is 11.0 Å². The molecule has 1 aromatic heterocycles. The summed E-state index contributed by atoms with van der Waals surface area (Å²) in [6.07, 6.45) is -4.76. The first kappa shape index (κ1) is 22.2. The molecule has 0 spiro atoms. The zero-order chi connectivity index (χ0) is 23.8. The van der Waals surface area contributed by atoms with Gasteiger partial charge in [0.1, 0.15) is 6.04 Å². The van der Waals surface area contributed by atoms with Crippen LogP contribution in [0.3, 0.4) is 0 Å². The number of carbonyl (C=O) groups is 1. The van der Waals surface area contributed by atoms with Gasteiger partial charge >= 0.3 is 6.18 Å². The highest BCUT2D eigenvalue weighted by molar-refractivity contribution is 6.06. The molecule has 8 nitrogen and oxygen atoms in total. The lowest BCUT2D eigenvalue weighted by Gasteiger charge is -2.29. The molecule has 0 saturated carbocycles. The van der Waals surface area contributed by atoms with Gasteiger partial charge in [-0.25, -0.2) is 4.68 Å². The number of methoxy groups -OCH3 is 2. The number of para-hydroxylation sites is 1. The molecular weight excluding hydrogens is 439 g/mol. The molecule has 0 radical (unpaired) electrons. The van der Waals surface area contributed by atoms with Gasteiger partial charge in [0.15, 0.2) is 11.5 Å². The highest BCUT2D eigenvalue weighted by Gasteiger charge is 2.41. The SMILES string of the molecule is COc1ccc([C@@H]2C(C(=O)Nc3ccccc3)=C(C)Nc3nc(C(F)(F)F)nn32)cc1OC. The van der Waals surface area contributed by atoms with Crippen molar-refractivity contribution >= 4 is 17.5 Å². The van der Waals surface area contributed by atoms with Crippen molar-refractivity contribution in [3.63, 3.8) is 0 Å². The Bertz CT molecular complexity index is 1220. The average molecular weight is 459 g/mol. The summed E-state index contributed by atoms with van der Waals surface area (Å²) in [7, 11) is 2.91. The molecule has 1 atom stereocenters. The quantitative estimate of drug-likeness (QED) is 0.593. The van der Waals surface area contributed by atoms with E-state index in [2.05, 4.69) is 20.7 Å². The van der Waals surface area contributed by atoms with Crippen LogP contribution in [0.2, 0.25) is 0 Å². The van der Waals surface area contributed by atoms with Gasteiger partial charge in [0.05, 0.1) is 19.8 Å². The summed E-state index contributed by atoms with van der Waals surface area (Å²) < 4.78 is 51.8. The van der Waals surface area contributed by atoms with Crippen molar-refractivity contribution in [2.45, 2.75) is 19.1 Å². The first-order chi connectivity index (χ1) is 15.7. The zero-order valence-corrected chi connectivity index (χ0v) is 17.9. The molecule has 0 bridgehead atoms. The van der Waals surface area contributed by atoms with E-state index in [1.165, 1.54) is 14.2 Å². The summed E-state index contributed by atoms with van der Waals surface area (Å²) in [6, 6.07) is 12.6. The van der Waals surface area contributed by atoms with E-state index in [0.29, 0.717) is 28.4 Å². The number of alkyl halides is 3. The van der Waals surface area contributed by atoms with Gasteiger partial charge in [0.2, 0.25) is 5.95 Å². The van der Waals surface area contributed by atoms with E-state index in [1.807, 2.05) is 0 Å². The number of allylic oxidation sites excluding steroid dienone is 1. The minimum atomic E-state index is -4.76. The Morgan fingerprint density at radius 2 is 1.79 bits per heavy atom. The first-order valence-electron chi connectivity index (χ1n) is 9.82. The van der Waals surface area contributed by atoms with Gasteiger partial charge in [-0.3, -0.25) is 4.79 Å². The molecule has 2 N–H and O–H groups in total. The number of carbonyl (C=O) groups excluding carboxylic acids is 1. The van der Waals surface area contributed by atoms with E-state index in [0.717, 1.165) is 4.68 Å². The zero-order valence-electron chi connectivity index (χ0n) is 17.9. The number of fused-ring (bicyclic) bond motifs is 1. The van der Waals surface area contributed by atoms with Gasteiger partial charge in [0.25, 0.3) is 11.7 Å². The number of aromatic nitrogens is 3. The van der Waals surface area contributed by atoms with Gasteiger partial charge < -0.3 is 20.1 Å². The fourth-order valence-corrected chi connectivity index (χ4v) is 3.62. The molecule has 11 heteroatoms. The van der Waals surface area contributed by atoms with Crippen LogP contribution in [0.25, 0.3) is 0 Å². The number of hydrogen-bond donors (Lipinski definition) is 2. The minimum Gasteiger partial charge on any atom is -0.493 e. The summed E-state index contributed by atoms with van der Waals surface area (Å²) in [5, 5.41) is 9.24. The molecule has 172 valence electrons. The second-order valence-corrected chi connectivity index (χ2v) is 7.20. The van der Waals surface area contributed by atoms with Crippen LogP contribution in [0.15, 0.2) is 59.8 Å². The third-order valence-corrected chi connectivity index (χ3v) is 5.11. The van der Waals surface area contributed by atoms with E-state index in [-0.39, 0.29) is 11.5 Å². The number of nitrogens with one attached hydrogen (secondary N) is 2. The molecule has 0 saturated heterocycles. The maximum absolute atomic E-state index is 13.4. The predicted molar refractivity (Wildman–Crippen MR) is 114 cm³/mol. The molecule has 1 amide bonds. The summed E-state index contributed by atoms with van der Waals surface area (Å²) in [5.41, 5.74) is 1.52. The van der Waals surface area contributed by atoms with Gasteiger partial charge in [-0.15, -0.1) is 5.10 Å². The van der Waals surface area contributed by atoms with Crippen molar-refractivity contribution in [1.82, 2.24) is 14.8 Å². The topological polar surface area (TPSA) is 90.3 Å². The smallest absolute Gasteiger partial charge is 0.453 e. The second-order valence-electron chi connectivity index (χ2n) is 7.20. The molecule has 0 unspecified atom stereocenters. The fourth-order valence-electron chi connectivity index (χ4n) is 3.62. The van der Waals surface area contributed by atoms with E-state index in [9.17, 15) is 18.0 Å². The molecule has 33 heavy (non-hydrogen) atoms. The van der Waals surface area contributed by atoms with E-state index >= 15 is 0 Å². The van der Waals surface area contributed by atoms with Gasteiger partial charge in [-0.2, -0.15) is 18.2 Å². The van der Waals surface area contributed by atoms with Crippen LogP contribution in [0.5, 0.6) is 11.5 Å². The van der Waals surface area contributed by atoms with Gasteiger partial charge in [-0.05, 0) is 36.8 Å². The lowest BCUT2D eigenvalue weighted by atomic mass is 9.94. The molecule has 1 aliphatic rings. The Morgan fingerprint density at radius 1 is 1.09 bits per heavy atom. The maximum atomic E-state index is 13.4. The third kappa shape index (κ3) is 4.21. The number of ether oxygens (including phenoxy) is 2. The van der Waals surface area contributed by atoms with Crippen LogP contribution in [0.1, 0.15) is 24.4 Å². The normalized spacial score (nSPS) is 15.5. The van der Waals surface area contributed by atoms with Crippen molar-refractivity contribution < 1.29 is 27.4 Å². The van der Waals surface area contributed by atoms with Gasteiger partial charge in [0, 0.05) is 11.4 Å². The number of halogens is 3. The molecule has 1 aliphatic heterocycles. The number of hydrogen-bond acceptors (Lipinski definition) is 6. The van der Waals surface area contributed by atoms with Crippen molar-refractivity contribution in [3.05, 3.63) is 71.2 Å². The van der Waals surface area contributed by atoms with Crippen LogP contribution in [0.4, 0.5) is 24.8 Å². The van der Waals surface area contributed by atoms with Crippen molar-refractivity contribution in [3.8, 4) is 11.5 Å². The Hall–Kier alpha value is -4.02. The van der Waals surface area contributed by atoms with E-state index in [4.69, 9.17) is 9.47 Å². The van der Waals surface area contributed by atoms with Crippen LogP contribution in [-0.4, -0.2) is 34.9 Å². The Kier molecular flexibility index (Phi) is 5.71. The number of anilines is 2. The molecule has 2 aromatic carbocycles. The Morgan fingerprint density at radius 3 is 2.42 bits per heavy atom. The molecule has 0 aliphatic carbocycles. The summed E-state index contributed by atoms with van der Waals surface area (Å²) in [4.78, 5) is 16.9. The maximum Gasteiger partial charge on any atom is 0.453 e. The third-order valence-electron chi connectivity index (χ3n) is 5.11. The van der Waals surface area contributed by atoms with Crippen LogP contribution >= 0.6 is 0 Å². The molecular formula is C22H20F3N5O3. The second kappa shape index (κ2) is 8.49. The van der Waals surface area contributed by atoms with Crippen molar-refractivity contribution in [2.24, 2.45) is 0 Å². The van der Waals surface area contributed by atoms with E-state index in [1.54, 1.807) is 55.5 Å². The Labute approximate surface area is 187 Å². The van der Waals surface area contributed by atoms with Crippen LogP contribution in [0, 0.1) is 0 Å². The minimum absolute atomic E-state index is 0.129. The summed E-state index contributed by atoms with van der Waals surface area (Å²) in [5.74, 6) is -1.16. The molecule has 4 rings (SSSR count). The van der Waals surface area contributed by atoms with Crippen LogP contribution < -0.4 is 20.1 Å². The fraction of sp³-hybridized carbons (Fsp3) is 0.227. The summed E-state index contributed by atoms with van der Waals surface area (Å²) >= 11 is 0. The average Bonchev–Trinajstić information content (AvgIpc) is 3.22. The molecule has 2 heterocycles. The standard InChI is InChI=1S/C22H20F3N5O3/c1-12-17(19(31)27-14-7-5-4-6-8-14)18(13-9-10-15(32-2)16(11-13)33-3)30-21(26-12)28-20(29-30)22(23,24)25/h4-11,18H,1-3H3,(H,27,31)(H,26,28,29)/t18-/m1/s1. The largest absolute Gasteiger partial charge is 0.493 e. The number of amides is 1. The number of nitrogens with zero attached hydrogens (tertiary/aromatic N) is 3. The molecule has 3 aromatic rings. The van der Waals surface area contributed by atoms with Crippen molar-refractivity contribution in [1.29, 1.82) is 0 Å². The first-order valence-corrected chi connectivity index (χ1v) is 9.82. The lowest BCUT2D eigenvalue weighted by Crippen LogP contribution is -2.31. The number of rotatable bonds is 5. The molecule has 0 fully saturated rings. The highest BCUT2D eigenvalue weighted by atomic mass is 19.4. The van der Waals surface area contributed by atoms with Gasteiger partial charge in [-0.1, -0.05) is 24.3 Å². The highest BCUT2D eigenvalue weighted by Crippen LogP contribution is 2.40. The van der Waals surface area contributed by atoms with E-state index < -0.39 is 23.9 Å². The van der Waals surface area contributed by atoms with Crippen molar-refractivity contribution in [2.75, 3.05) is 24.9 Å². The Balaban J connectivity index is 1.85. The predicted octanol–water partition coefficient (Wildman–Crippen LogP) is 4.24. The summed E-state index contributed by atoms with van der Waals surface area (Å²) in [6.45, 7) is 1.60. The lowest BCUT2D eigenvalue weighted by molar-refractivity contribution is -0.145. The monoisotopic (exact) mass is 459 g/mol.